The molecule has 1 amide bonds. The van der Waals surface area contributed by atoms with E-state index in [1.807, 2.05) is 13.8 Å². The summed E-state index contributed by atoms with van der Waals surface area (Å²) in [5.41, 5.74) is 1.28. The van der Waals surface area contributed by atoms with Gasteiger partial charge in [0, 0.05) is 31.5 Å². The molecule has 1 aromatic carbocycles. The molecule has 8 heteroatoms. The monoisotopic (exact) mass is 424 g/mol. The van der Waals surface area contributed by atoms with Gasteiger partial charge < -0.3 is 19.6 Å². The van der Waals surface area contributed by atoms with Crippen molar-refractivity contribution in [1.29, 1.82) is 0 Å². The first-order valence-corrected chi connectivity index (χ1v) is 10.6. The number of halogens is 2. The van der Waals surface area contributed by atoms with Crippen molar-refractivity contribution in [2.24, 2.45) is 5.16 Å². The molecule has 1 saturated carbocycles. The molecule has 0 bridgehead atoms. The van der Waals surface area contributed by atoms with Crippen molar-refractivity contribution in [3.05, 3.63) is 34.9 Å². The minimum Gasteiger partial charge on any atom is -0.447 e. The maximum atomic E-state index is 14.3. The molecule has 166 valence electrons. The first-order chi connectivity index (χ1) is 14.4. The molecule has 1 saturated heterocycles. The fourth-order valence-corrected chi connectivity index (χ4v) is 3.96. The summed E-state index contributed by atoms with van der Waals surface area (Å²) >= 11 is 0. The van der Waals surface area contributed by atoms with Crippen LogP contribution in [0.15, 0.2) is 17.3 Å². The van der Waals surface area contributed by atoms with Gasteiger partial charge in [0.1, 0.15) is 17.7 Å². The number of rotatable bonds is 5. The molecule has 1 heterocycles. The topological polar surface area (TPSA) is 71.4 Å². The molecule has 1 aromatic rings. The number of amides is 1. The number of hydrogen-bond donors (Lipinski definition) is 1. The summed E-state index contributed by atoms with van der Waals surface area (Å²) < 4.78 is 33.4. The Balaban J connectivity index is 1.46. The van der Waals surface area contributed by atoms with Crippen LogP contribution in [0.1, 0.15) is 69.4 Å². The smallest absolute Gasteiger partial charge is 0.410 e. The van der Waals surface area contributed by atoms with Crippen molar-refractivity contribution >= 4 is 11.8 Å². The van der Waals surface area contributed by atoms with E-state index in [4.69, 9.17) is 14.7 Å². The molecular formula is C22H30F2N2O4. The van der Waals surface area contributed by atoms with Gasteiger partial charge in [-0.25, -0.2) is 13.6 Å². The third-order valence-corrected chi connectivity index (χ3v) is 5.71. The molecule has 0 radical (unpaired) electrons. The molecule has 30 heavy (non-hydrogen) atoms. The van der Waals surface area contributed by atoms with E-state index in [0.717, 1.165) is 11.8 Å². The van der Waals surface area contributed by atoms with E-state index in [0.29, 0.717) is 57.2 Å². The molecule has 1 N–H and O–H groups in total. The Morgan fingerprint density at radius 1 is 1.17 bits per heavy atom. The lowest BCUT2D eigenvalue weighted by Gasteiger charge is -2.31. The largest absolute Gasteiger partial charge is 0.447 e. The fourth-order valence-electron chi connectivity index (χ4n) is 3.96. The van der Waals surface area contributed by atoms with Gasteiger partial charge in [-0.3, -0.25) is 0 Å². The van der Waals surface area contributed by atoms with Gasteiger partial charge in [0.25, 0.3) is 0 Å². The second-order valence-corrected chi connectivity index (χ2v) is 8.28. The van der Waals surface area contributed by atoms with E-state index in [9.17, 15) is 13.6 Å². The predicted molar refractivity (Wildman–Crippen MR) is 108 cm³/mol. The van der Waals surface area contributed by atoms with Gasteiger partial charge in [0.05, 0.1) is 18.4 Å². The molecule has 1 aliphatic carbocycles. The number of oxime groups is 1. The number of piperidine rings is 1. The predicted octanol–water partition coefficient (Wildman–Crippen LogP) is 4.50. The SMILES string of the molecule is CC(C)OC(=O)N1CCC(ON=C2CCC(c3cc(F)c(CO)cc3F)CC2)CC1. The summed E-state index contributed by atoms with van der Waals surface area (Å²) in [6, 6.07) is 2.29. The van der Waals surface area contributed by atoms with Crippen LogP contribution in [0.3, 0.4) is 0 Å². The molecule has 2 fully saturated rings. The number of nitrogens with zero attached hydrogens (tertiary/aromatic N) is 2. The van der Waals surface area contributed by atoms with Crippen molar-refractivity contribution in [3.63, 3.8) is 0 Å². The average Bonchev–Trinajstić information content (AvgIpc) is 2.74. The van der Waals surface area contributed by atoms with Crippen molar-refractivity contribution in [2.75, 3.05) is 13.1 Å². The zero-order chi connectivity index (χ0) is 21.7. The highest BCUT2D eigenvalue weighted by molar-refractivity contribution is 5.84. The van der Waals surface area contributed by atoms with E-state index >= 15 is 0 Å². The number of aliphatic hydroxyl groups excluding tert-OH is 1. The number of benzene rings is 1. The molecule has 6 nitrogen and oxygen atoms in total. The number of ether oxygens (including phenoxy) is 1. The molecule has 2 aliphatic rings. The van der Waals surface area contributed by atoms with Crippen LogP contribution >= 0.6 is 0 Å². The summed E-state index contributed by atoms with van der Waals surface area (Å²) in [7, 11) is 0. The molecule has 3 rings (SSSR count). The summed E-state index contributed by atoms with van der Waals surface area (Å²) in [6.07, 6.45) is 3.65. The number of likely N-dealkylation sites (tertiary alicyclic amines) is 1. The quantitative estimate of drug-likeness (QED) is 0.707. The second kappa shape index (κ2) is 10.2. The van der Waals surface area contributed by atoms with Crippen LogP contribution in [0, 0.1) is 11.6 Å². The maximum absolute atomic E-state index is 14.3. The van der Waals surface area contributed by atoms with Crippen LogP contribution in [-0.2, 0) is 16.2 Å². The van der Waals surface area contributed by atoms with Gasteiger partial charge in [0.2, 0.25) is 0 Å². The lowest BCUT2D eigenvalue weighted by Crippen LogP contribution is -2.41. The van der Waals surface area contributed by atoms with Gasteiger partial charge >= 0.3 is 6.09 Å². The standard InChI is InChI=1S/C22H30F2N2O4/c1-14(2)29-22(28)26-9-7-18(8-10-26)30-25-17-5-3-15(4-6-17)19-12-20(23)16(13-27)11-21(19)24/h11-12,14-15,18,27H,3-10,13H2,1-2H3. The van der Waals surface area contributed by atoms with Gasteiger partial charge in [-0.05, 0) is 63.1 Å². The third kappa shape index (κ3) is 5.68. The Hall–Kier alpha value is -2.22. The molecule has 0 spiro atoms. The van der Waals surface area contributed by atoms with Crippen molar-refractivity contribution in [2.45, 2.75) is 77.1 Å². The Morgan fingerprint density at radius 3 is 2.43 bits per heavy atom. The lowest BCUT2D eigenvalue weighted by atomic mass is 9.82. The zero-order valence-corrected chi connectivity index (χ0v) is 17.6. The van der Waals surface area contributed by atoms with E-state index in [1.54, 1.807) is 4.90 Å². The van der Waals surface area contributed by atoms with E-state index in [1.165, 1.54) is 6.07 Å². The Labute approximate surface area is 175 Å². The van der Waals surface area contributed by atoms with Crippen LogP contribution in [0.4, 0.5) is 13.6 Å². The number of aliphatic hydroxyl groups is 1. The van der Waals surface area contributed by atoms with E-state index in [-0.39, 0.29) is 29.8 Å². The number of carbonyl (C=O) groups is 1. The van der Waals surface area contributed by atoms with Crippen molar-refractivity contribution in [3.8, 4) is 0 Å². The zero-order valence-electron chi connectivity index (χ0n) is 17.6. The van der Waals surface area contributed by atoms with Crippen LogP contribution < -0.4 is 0 Å². The van der Waals surface area contributed by atoms with Crippen molar-refractivity contribution < 1.29 is 28.3 Å². The van der Waals surface area contributed by atoms with Gasteiger partial charge in [0.15, 0.2) is 0 Å². The summed E-state index contributed by atoms with van der Waals surface area (Å²) in [6.45, 7) is 4.30. The lowest BCUT2D eigenvalue weighted by molar-refractivity contribution is 0.00403. The third-order valence-electron chi connectivity index (χ3n) is 5.71. The Bertz CT molecular complexity index is 767. The average molecular weight is 424 g/mol. The van der Waals surface area contributed by atoms with Crippen LogP contribution in [-0.4, -0.2) is 47.1 Å². The molecule has 0 aromatic heterocycles. The van der Waals surface area contributed by atoms with Crippen LogP contribution in [0.2, 0.25) is 0 Å². The fraction of sp³-hybridized carbons (Fsp3) is 0.636. The van der Waals surface area contributed by atoms with Crippen LogP contribution in [0.25, 0.3) is 0 Å². The highest BCUT2D eigenvalue weighted by atomic mass is 19.1. The Kier molecular flexibility index (Phi) is 7.64. The number of hydrogen-bond acceptors (Lipinski definition) is 5. The maximum Gasteiger partial charge on any atom is 0.410 e. The van der Waals surface area contributed by atoms with Crippen molar-refractivity contribution in [1.82, 2.24) is 4.90 Å². The molecular weight excluding hydrogens is 394 g/mol. The van der Waals surface area contributed by atoms with Gasteiger partial charge in [-0.1, -0.05) is 5.16 Å². The summed E-state index contributed by atoms with van der Waals surface area (Å²) in [5, 5.41) is 13.4. The summed E-state index contributed by atoms with van der Waals surface area (Å²) in [5.74, 6) is -1.11. The highest BCUT2D eigenvalue weighted by Crippen LogP contribution is 2.34. The normalized spacial score (nSPS) is 20.4. The van der Waals surface area contributed by atoms with E-state index in [2.05, 4.69) is 5.16 Å². The first-order valence-electron chi connectivity index (χ1n) is 10.6. The number of carbonyl (C=O) groups excluding carboxylic acids is 1. The summed E-state index contributed by atoms with van der Waals surface area (Å²) in [4.78, 5) is 19.3. The minimum atomic E-state index is -0.569. The van der Waals surface area contributed by atoms with E-state index < -0.39 is 18.2 Å². The van der Waals surface area contributed by atoms with Crippen LogP contribution in [0.5, 0.6) is 0 Å². The molecule has 0 atom stereocenters. The van der Waals surface area contributed by atoms with Gasteiger partial charge in [-0.15, -0.1) is 0 Å². The minimum absolute atomic E-state index is 0.0220. The molecule has 1 aliphatic heterocycles. The first kappa shape index (κ1) is 22.5. The Morgan fingerprint density at radius 2 is 1.83 bits per heavy atom. The van der Waals surface area contributed by atoms with Gasteiger partial charge in [-0.2, -0.15) is 0 Å². The molecule has 0 unspecified atom stereocenters. The highest BCUT2D eigenvalue weighted by Gasteiger charge is 2.27. The second-order valence-electron chi connectivity index (χ2n) is 8.28.